The van der Waals surface area contributed by atoms with Crippen LogP contribution in [0.15, 0.2) is 54.7 Å². The maximum Gasteiger partial charge on any atom is 0.231 e. The number of anilines is 1. The van der Waals surface area contributed by atoms with Gasteiger partial charge in [0.15, 0.2) is 11.5 Å². The van der Waals surface area contributed by atoms with Gasteiger partial charge in [-0.25, -0.2) is 0 Å². The van der Waals surface area contributed by atoms with Gasteiger partial charge in [0.1, 0.15) is 5.75 Å². The first kappa shape index (κ1) is 25.0. The number of benzene rings is 2. The lowest BCUT2D eigenvalue weighted by atomic mass is 9.87. The molecule has 3 aliphatic rings. The maximum atomic E-state index is 10.2. The van der Waals surface area contributed by atoms with Gasteiger partial charge >= 0.3 is 0 Å². The molecule has 0 amide bonds. The number of hydrogen-bond donors (Lipinski definition) is 1. The maximum absolute atomic E-state index is 10.2. The molecule has 6 rings (SSSR count). The summed E-state index contributed by atoms with van der Waals surface area (Å²) in [4.78, 5) is 12.5. The van der Waals surface area contributed by atoms with Crippen LogP contribution in [-0.2, 0) is 12.8 Å². The zero-order chi connectivity index (χ0) is 25.9. The normalized spacial score (nSPS) is 19.1. The Morgan fingerprint density at radius 3 is 2.68 bits per heavy atom. The fourth-order valence-corrected chi connectivity index (χ4v) is 6.14. The van der Waals surface area contributed by atoms with E-state index in [9.17, 15) is 5.11 Å². The molecule has 0 bridgehead atoms. The minimum absolute atomic E-state index is 0.286. The molecule has 0 radical (unpaired) electrons. The van der Waals surface area contributed by atoms with E-state index >= 15 is 0 Å². The molecular formula is C31H38N4O3. The number of aromatic hydroxyl groups is 1. The van der Waals surface area contributed by atoms with Crippen molar-refractivity contribution in [3.63, 3.8) is 0 Å². The summed E-state index contributed by atoms with van der Waals surface area (Å²) in [7, 11) is 0. The first-order valence-corrected chi connectivity index (χ1v) is 14.0. The summed E-state index contributed by atoms with van der Waals surface area (Å²) >= 11 is 0. The molecule has 1 atom stereocenters. The topological polar surface area (TPSA) is 61.3 Å². The molecule has 7 heteroatoms. The minimum Gasteiger partial charge on any atom is -0.508 e. The van der Waals surface area contributed by atoms with Crippen molar-refractivity contribution in [2.45, 2.75) is 38.6 Å². The van der Waals surface area contributed by atoms with E-state index in [-0.39, 0.29) is 6.79 Å². The summed E-state index contributed by atoms with van der Waals surface area (Å²) < 4.78 is 10.9. The Labute approximate surface area is 225 Å². The summed E-state index contributed by atoms with van der Waals surface area (Å²) in [6.45, 7) is 10.1. The van der Waals surface area contributed by atoms with Crippen molar-refractivity contribution in [2.24, 2.45) is 0 Å². The number of pyridine rings is 1. The summed E-state index contributed by atoms with van der Waals surface area (Å²) in [6.07, 6.45) is 6.33. The van der Waals surface area contributed by atoms with E-state index in [1.165, 1.54) is 17.7 Å². The number of fused-ring (bicyclic) bond motifs is 2. The highest BCUT2D eigenvalue weighted by atomic mass is 16.7. The number of phenols is 1. The highest BCUT2D eigenvalue weighted by molar-refractivity contribution is 5.65. The molecule has 7 nitrogen and oxygen atoms in total. The molecule has 1 aromatic heterocycles. The average molecular weight is 515 g/mol. The Bertz CT molecular complexity index is 1240. The summed E-state index contributed by atoms with van der Waals surface area (Å²) in [6, 6.07) is 16.8. The molecule has 200 valence electrons. The van der Waals surface area contributed by atoms with Crippen LogP contribution in [0.1, 0.15) is 30.9 Å². The Balaban J connectivity index is 1.01. The van der Waals surface area contributed by atoms with Crippen LogP contribution in [0.3, 0.4) is 0 Å². The van der Waals surface area contributed by atoms with E-state index in [2.05, 4.69) is 39.8 Å². The van der Waals surface area contributed by atoms with Gasteiger partial charge in [-0.1, -0.05) is 19.1 Å². The number of rotatable bonds is 8. The lowest BCUT2D eigenvalue weighted by Gasteiger charge is -2.39. The van der Waals surface area contributed by atoms with E-state index < -0.39 is 0 Å². The van der Waals surface area contributed by atoms with Crippen LogP contribution >= 0.6 is 0 Å². The third-order valence-electron chi connectivity index (χ3n) is 8.32. The van der Waals surface area contributed by atoms with E-state index in [0.29, 0.717) is 11.8 Å². The Kier molecular flexibility index (Phi) is 7.38. The summed E-state index contributed by atoms with van der Waals surface area (Å²) in [5, 5.41) is 10.2. The van der Waals surface area contributed by atoms with Gasteiger partial charge in [0.25, 0.3) is 0 Å². The van der Waals surface area contributed by atoms with Crippen molar-refractivity contribution in [3.8, 4) is 28.5 Å². The standard InChI is InChI=1S/C31H38N4O3/c1-2-12-34(25-7-9-27-23(19-25)4-3-5-29(27)36)16-13-33-14-17-35(18-15-33)26-8-10-28(32-21-26)24-6-11-30-31(20-24)38-22-37-30/h3-6,8,10-11,20-21,25,36H,2,7,9,12-19,22H2,1H3/t25-/m0/s1. The number of hydrogen-bond acceptors (Lipinski definition) is 7. The molecule has 2 aromatic carbocycles. The van der Waals surface area contributed by atoms with Crippen LogP contribution in [0.4, 0.5) is 5.69 Å². The van der Waals surface area contributed by atoms with Crippen molar-refractivity contribution >= 4 is 5.69 Å². The Hall–Kier alpha value is -3.29. The molecule has 1 fully saturated rings. The molecule has 38 heavy (non-hydrogen) atoms. The van der Waals surface area contributed by atoms with E-state index in [4.69, 9.17) is 14.5 Å². The van der Waals surface area contributed by atoms with E-state index in [1.54, 1.807) is 0 Å². The van der Waals surface area contributed by atoms with Crippen molar-refractivity contribution in [2.75, 3.05) is 57.5 Å². The lowest BCUT2D eigenvalue weighted by molar-refractivity contribution is 0.145. The zero-order valence-corrected chi connectivity index (χ0v) is 22.3. The number of piperazine rings is 1. The second-order valence-corrected chi connectivity index (χ2v) is 10.6. The van der Waals surface area contributed by atoms with Crippen molar-refractivity contribution in [3.05, 3.63) is 65.9 Å². The smallest absolute Gasteiger partial charge is 0.231 e. The minimum atomic E-state index is 0.286. The van der Waals surface area contributed by atoms with Crippen molar-refractivity contribution in [1.29, 1.82) is 0 Å². The monoisotopic (exact) mass is 514 g/mol. The fraction of sp³-hybridized carbons (Fsp3) is 0.452. The molecule has 3 aromatic rings. The van der Waals surface area contributed by atoms with Crippen molar-refractivity contribution < 1.29 is 14.6 Å². The molecule has 0 unspecified atom stereocenters. The molecular weight excluding hydrogens is 476 g/mol. The molecule has 2 aliphatic heterocycles. The molecule has 3 heterocycles. The largest absolute Gasteiger partial charge is 0.508 e. The van der Waals surface area contributed by atoms with Crippen LogP contribution < -0.4 is 14.4 Å². The van der Waals surface area contributed by atoms with Gasteiger partial charge in [-0.3, -0.25) is 14.8 Å². The van der Waals surface area contributed by atoms with Crippen LogP contribution in [-0.4, -0.2) is 78.5 Å². The molecule has 1 aliphatic carbocycles. The van der Waals surface area contributed by atoms with Crippen LogP contribution in [0.5, 0.6) is 17.2 Å². The highest BCUT2D eigenvalue weighted by Crippen LogP contribution is 2.36. The van der Waals surface area contributed by atoms with Gasteiger partial charge < -0.3 is 19.5 Å². The lowest BCUT2D eigenvalue weighted by Crippen LogP contribution is -2.50. The first-order valence-electron chi connectivity index (χ1n) is 14.0. The predicted molar refractivity (Wildman–Crippen MR) is 150 cm³/mol. The second-order valence-electron chi connectivity index (χ2n) is 10.6. The number of aromatic nitrogens is 1. The third-order valence-corrected chi connectivity index (χ3v) is 8.32. The zero-order valence-electron chi connectivity index (χ0n) is 22.3. The fourth-order valence-electron chi connectivity index (χ4n) is 6.14. The van der Waals surface area contributed by atoms with Gasteiger partial charge in [-0.2, -0.15) is 0 Å². The summed E-state index contributed by atoms with van der Waals surface area (Å²) in [5.41, 5.74) is 5.66. The number of phenolic OH excluding ortho intramolecular Hbond substituents is 1. The molecule has 0 spiro atoms. The van der Waals surface area contributed by atoms with Crippen LogP contribution in [0.25, 0.3) is 11.3 Å². The third kappa shape index (κ3) is 5.31. The van der Waals surface area contributed by atoms with Gasteiger partial charge in [0, 0.05) is 50.9 Å². The predicted octanol–water partition coefficient (Wildman–Crippen LogP) is 4.57. The molecule has 0 saturated carbocycles. The number of ether oxygens (including phenoxy) is 2. The Morgan fingerprint density at radius 2 is 1.87 bits per heavy atom. The second kappa shape index (κ2) is 11.2. The van der Waals surface area contributed by atoms with Crippen LogP contribution in [0, 0.1) is 0 Å². The Morgan fingerprint density at radius 1 is 1.00 bits per heavy atom. The van der Waals surface area contributed by atoms with Crippen LogP contribution in [0.2, 0.25) is 0 Å². The van der Waals surface area contributed by atoms with Gasteiger partial charge in [-0.05, 0) is 79.8 Å². The van der Waals surface area contributed by atoms with Gasteiger partial charge in [0.2, 0.25) is 6.79 Å². The summed E-state index contributed by atoms with van der Waals surface area (Å²) in [5.74, 6) is 2.05. The average Bonchev–Trinajstić information content (AvgIpc) is 3.44. The van der Waals surface area contributed by atoms with Crippen molar-refractivity contribution in [1.82, 2.24) is 14.8 Å². The van der Waals surface area contributed by atoms with E-state index in [0.717, 1.165) is 93.4 Å². The number of nitrogens with zero attached hydrogens (tertiary/aromatic N) is 4. The first-order chi connectivity index (χ1) is 18.7. The molecule has 1 saturated heterocycles. The SMILES string of the molecule is CCCN(CCN1CCN(c2ccc(-c3ccc4c(c3)OCO4)nc2)CC1)[C@H]1CCc2c(O)cccc2C1. The quantitative estimate of drug-likeness (QED) is 0.472. The van der Waals surface area contributed by atoms with Gasteiger partial charge in [0.05, 0.1) is 17.6 Å². The molecule has 1 N–H and O–H groups in total. The van der Waals surface area contributed by atoms with E-state index in [1.807, 2.05) is 36.5 Å². The van der Waals surface area contributed by atoms with Gasteiger partial charge in [-0.15, -0.1) is 0 Å². The highest BCUT2D eigenvalue weighted by Gasteiger charge is 2.26.